The number of benzene rings is 1. The van der Waals surface area contributed by atoms with Gasteiger partial charge in [-0.05, 0) is 50.6 Å². The zero-order valence-corrected chi connectivity index (χ0v) is 14.7. The van der Waals surface area contributed by atoms with Crippen molar-refractivity contribution in [1.82, 2.24) is 9.62 Å². The molecule has 1 aliphatic rings. The van der Waals surface area contributed by atoms with Crippen LogP contribution in [0.3, 0.4) is 0 Å². The first-order chi connectivity index (χ1) is 10.1. The van der Waals surface area contributed by atoms with Crippen molar-refractivity contribution in [1.29, 1.82) is 0 Å². The van der Waals surface area contributed by atoms with E-state index in [1.807, 2.05) is 0 Å². The van der Waals surface area contributed by atoms with Gasteiger partial charge in [-0.1, -0.05) is 6.07 Å². The molecule has 1 aromatic carbocycles. The number of nitrogens with one attached hydrogen (secondary N) is 1. The second kappa shape index (κ2) is 6.27. The Kier molecular flexibility index (Phi) is 4.96. The fourth-order valence-corrected chi connectivity index (χ4v) is 5.00. The highest BCUT2D eigenvalue weighted by molar-refractivity contribution is 7.91. The van der Waals surface area contributed by atoms with Crippen LogP contribution in [0.4, 0.5) is 0 Å². The summed E-state index contributed by atoms with van der Waals surface area (Å²) in [6, 6.07) is 4.18. The average molecular weight is 346 g/mol. The summed E-state index contributed by atoms with van der Waals surface area (Å²) in [6.45, 7) is 3.25. The fourth-order valence-electron chi connectivity index (χ4n) is 2.61. The third kappa shape index (κ3) is 3.51. The molecule has 0 spiro atoms. The second-order valence-electron chi connectivity index (χ2n) is 5.70. The van der Waals surface area contributed by atoms with Crippen molar-refractivity contribution in [2.45, 2.75) is 35.6 Å². The Morgan fingerprint density at radius 2 is 1.73 bits per heavy atom. The molecule has 8 heteroatoms. The molecule has 1 N–H and O–H groups in total. The maximum absolute atomic E-state index is 12.8. The van der Waals surface area contributed by atoms with E-state index in [-0.39, 0.29) is 15.8 Å². The maximum atomic E-state index is 12.8. The highest BCUT2D eigenvalue weighted by Gasteiger charge is 2.30. The van der Waals surface area contributed by atoms with Crippen LogP contribution in [0, 0.1) is 6.92 Å². The highest BCUT2D eigenvalue weighted by atomic mass is 32.2. The van der Waals surface area contributed by atoms with E-state index in [1.54, 1.807) is 20.0 Å². The van der Waals surface area contributed by atoms with Crippen LogP contribution >= 0.6 is 0 Å². The summed E-state index contributed by atoms with van der Waals surface area (Å²) < 4.78 is 50.4. The number of sulfonamides is 1. The van der Waals surface area contributed by atoms with Gasteiger partial charge in [0, 0.05) is 19.3 Å². The molecule has 0 atom stereocenters. The standard InChI is InChI=1S/C14H22N2O4S2/c1-11-4-5-13(21(3,17)18)10-14(11)22(19,20)16(2)12-6-8-15-9-7-12/h4-5,10,12,15H,6-9H2,1-3H3. The number of hydrogen-bond donors (Lipinski definition) is 1. The van der Waals surface area contributed by atoms with Crippen molar-refractivity contribution < 1.29 is 16.8 Å². The molecular formula is C14H22N2O4S2. The van der Waals surface area contributed by atoms with Crippen LogP contribution in [-0.2, 0) is 19.9 Å². The van der Waals surface area contributed by atoms with Crippen molar-refractivity contribution in [2.24, 2.45) is 0 Å². The second-order valence-corrected chi connectivity index (χ2v) is 9.68. The van der Waals surface area contributed by atoms with Crippen molar-refractivity contribution in [3.05, 3.63) is 23.8 Å². The van der Waals surface area contributed by atoms with E-state index in [2.05, 4.69) is 5.32 Å². The fraction of sp³-hybridized carbons (Fsp3) is 0.571. The largest absolute Gasteiger partial charge is 0.317 e. The van der Waals surface area contributed by atoms with Gasteiger partial charge in [0.05, 0.1) is 9.79 Å². The molecule has 22 heavy (non-hydrogen) atoms. The Morgan fingerprint density at radius 3 is 2.27 bits per heavy atom. The van der Waals surface area contributed by atoms with E-state index >= 15 is 0 Å². The van der Waals surface area contributed by atoms with Gasteiger partial charge in [0.2, 0.25) is 10.0 Å². The Labute approximate surface area is 132 Å². The van der Waals surface area contributed by atoms with Crippen LogP contribution in [0.5, 0.6) is 0 Å². The predicted octanol–water partition coefficient (Wildman–Crippen LogP) is 0.771. The molecule has 0 saturated carbocycles. The van der Waals surface area contributed by atoms with E-state index in [1.165, 1.54) is 16.4 Å². The number of piperidine rings is 1. The van der Waals surface area contributed by atoms with Gasteiger partial charge in [0.25, 0.3) is 0 Å². The first kappa shape index (κ1) is 17.4. The lowest BCUT2D eigenvalue weighted by Gasteiger charge is -2.31. The SMILES string of the molecule is Cc1ccc(S(C)(=O)=O)cc1S(=O)(=O)N(C)C1CCNCC1. The van der Waals surface area contributed by atoms with Gasteiger partial charge in [0.1, 0.15) is 0 Å². The lowest BCUT2D eigenvalue weighted by Crippen LogP contribution is -2.44. The molecule has 1 heterocycles. The van der Waals surface area contributed by atoms with Crippen molar-refractivity contribution in [3.8, 4) is 0 Å². The van der Waals surface area contributed by atoms with Gasteiger partial charge in [-0.3, -0.25) is 0 Å². The smallest absolute Gasteiger partial charge is 0.243 e. The van der Waals surface area contributed by atoms with E-state index < -0.39 is 19.9 Å². The lowest BCUT2D eigenvalue weighted by atomic mass is 10.1. The molecule has 0 aliphatic carbocycles. The molecular weight excluding hydrogens is 324 g/mol. The molecule has 124 valence electrons. The minimum Gasteiger partial charge on any atom is -0.317 e. The first-order valence-electron chi connectivity index (χ1n) is 7.13. The highest BCUT2D eigenvalue weighted by Crippen LogP contribution is 2.25. The van der Waals surface area contributed by atoms with E-state index in [4.69, 9.17) is 0 Å². The zero-order chi connectivity index (χ0) is 16.5. The minimum atomic E-state index is -3.71. The quantitative estimate of drug-likeness (QED) is 0.871. The number of hydrogen-bond acceptors (Lipinski definition) is 5. The van der Waals surface area contributed by atoms with Crippen molar-refractivity contribution in [2.75, 3.05) is 26.4 Å². The first-order valence-corrected chi connectivity index (χ1v) is 10.5. The van der Waals surface area contributed by atoms with Gasteiger partial charge in [0.15, 0.2) is 9.84 Å². The van der Waals surface area contributed by atoms with E-state index in [0.717, 1.165) is 32.2 Å². The maximum Gasteiger partial charge on any atom is 0.243 e. The molecule has 0 amide bonds. The molecule has 0 radical (unpaired) electrons. The van der Waals surface area contributed by atoms with Gasteiger partial charge in [-0.25, -0.2) is 16.8 Å². The Bertz CT molecular complexity index is 751. The van der Waals surface area contributed by atoms with Crippen LogP contribution in [-0.4, -0.2) is 53.6 Å². The molecule has 0 bridgehead atoms. The third-order valence-electron chi connectivity index (χ3n) is 4.07. The molecule has 0 unspecified atom stereocenters. The molecule has 0 aromatic heterocycles. The van der Waals surface area contributed by atoms with Crippen LogP contribution in [0.25, 0.3) is 0 Å². The van der Waals surface area contributed by atoms with Gasteiger partial charge in [-0.15, -0.1) is 0 Å². The summed E-state index contributed by atoms with van der Waals surface area (Å²) in [5.74, 6) is 0. The van der Waals surface area contributed by atoms with Gasteiger partial charge < -0.3 is 5.32 Å². The topological polar surface area (TPSA) is 83.5 Å². The number of nitrogens with zero attached hydrogens (tertiary/aromatic N) is 1. The summed E-state index contributed by atoms with van der Waals surface area (Å²) in [5.41, 5.74) is 0.549. The Balaban J connectivity index is 2.44. The van der Waals surface area contributed by atoms with E-state index in [9.17, 15) is 16.8 Å². The van der Waals surface area contributed by atoms with Crippen LogP contribution in [0.15, 0.2) is 28.0 Å². The zero-order valence-electron chi connectivity index (χ0n) is 13.0. The van der Waals surface area contributed by atoms with Gasteiger partial charge >= 0.3 is 0 Å². The molecule has 2 rings (SSSR count). The van der Waals surface area contributed by atoms with Crippen molar-refractivity contribution >= 4 is 19.9 Å². The Morgan fingerprint density at radius 1 is 1.14 bits per heavy atom. The van der Waals surface area contributed by atoms with Crippen LogP contribution < -0.4 is 5.32 Å². The number of rotatable bonds is 4. The van der Waals surface area contributed by atoms with Crippen molar-refractivity contribution in [3.63, 3.8) is 0 Å². The third-order valence-corrected chi connectivity index (χ3v) is 7.23. The lowest BCUT2D eigenvalue weighted by molar-refractivity contribution is 0.296. The molecule has 1 aliphatic heterocycles. The Hall–Kier alpha value is -0.960. The summed E-state index contributed by atoms with van der Waals surface area (Å²) in [7, 11) is -5.59. The molecule has 1 aromatic rings. The predicted molar refractivity (Wildman–Crippen MR) is 85.1 cm³/mol. The summed E-state index contributed by atoms with van der Waals surface area (Å²) in [4.78, 5) is 0.0897. The summed E-state index contributed by atoms with van der Waals surface area (Å²) >= 11 is 0. The van der Waals surface area contributed by atoms with Gasteiger partial charge in [-0.2, -0.15) is 4.31 Å². The average Bonchev–Trinajstić information content (AvgIpc) is 2.46. The minimum absolute atomic E-state index is 0.0235. The van der Waals surface area contributed by atoms with Crippen LogP contribution in [0.1, 0.15) is 18.4 Å². The summed E-state index contributed by atoms with van der Waals surface area (Å²) in [5, 5.41) is 3.20. The van der Waals surface area contributed by atoms with Crippen LogP contribution in [0.2, 0.25) is 0 Å². The number of sulfone groups is 1. The summed E-state index contributed by atoms with van der Waals surface area (Å²) in [6.07, 6.45) is 2.58. The number of aryl methyl sites for hydroxylation is 1. The normalized spacial score (nSPS) is 17.8. The van der Waals surface area contributed by atoms with E-state index in [0.29, 0.717) is 5.56 Å². The monoisotopic (exact) mass is 346 g/mol. The molecule has 1 saturated heterocycles. The molecule has 1 fully saturated rings. The molecule has 6 nitrogen and oxygen atoms in total.